The highest BCUT2D eigenvalue weighted by molar-refractivity contribution is 6.30. The van der Waals surface area contributed by atoms with Gasteiger partial charge in [0.1, 0.15) is 11.3 Å². The molecular formula is C27H27ClN4O2. The van der Waals surface area contributed by atoms with E-state index in [0.29, 0.717) is 47.3 Å². The molecule has 5 rings (SSSR count). The van der Waals surface area contributed by atoms with E-state index in [-0.39, 0.29) is 11.5 Å². The summed E-state index contributed by atoms with van der Waals surface area (Å²) in [6.45, 7) is 3.64. The minimum Gasteiger partial charge on any atom is -0.333 e. The van der Waals surface area contributed by atoms with Crippen molar-refractivity contribution in [1.29, 1.82) is 0 Å². The first kappa shape index (κ1) is 22.4. The van der Waals surface area contributed by atoms with Crippen LogP contribution in [0.5, 0.6) is 0 Å². The highest BCUT2D eigenvalue weighted by Gasteiger charge is 2.34. The predicted octanol–water partition coefficient (Wildman–Crippen LogP) is 5.40. The Bertz CT molecular complexity index is 1390. The highest BCUT2D eigenvalue weighted by Crippen LogP contribution is 2.27. The molecule has 0 fully saturated rings. The van der Waals surface area contributed by atoms with Crippen LogP contribution in [0.15, 0.2) is 65.5 Å². The van der Waals surface area contributed by atoms with E-state index < -0.39 is 0 Å². The monoisotopic (exact) mass is 474 g/mol. The highest BCUT2D eigenvalue weighted by atomic mass is 35.5. The van der Waals surface area contributed by atoms with Crippen LogP contribution < -0.4 is 5.56 Å². The summed E-state index contributed by atoms with van der Waals surface area (Å²) >= 11 is 6.05. The van der Waals surface area contributed by atoms with Crippen molar-refractivity contribution in [3.05, 3.63) is 92.9 Å². The van der Waals surface area contributed by atoms with Crippen molar-refractivity contribution < 1.29 is 4.79 Å². The molecule has 4 aromatic rings. The van der Waals surface area contributed by atoms with E-state index in [1.807, 2.05) is 58.0 Å². The molecule has 1 aliphatic heterocycles. The number of fused-ring (bicyclic) bond motifs is 2. The zero-order valence-electron chi connectivity index (χ0n) is 19.2. The number of unbranched alkanes of at least 4 members (excludes halogenated alkanes) is 3. The van der Waals surface area contributed by atoms with Crippen LogP contribution in [-0.4, -0.2) is 31.5 Å². The van der Waals surface area contributed by atoms with Crippen LogP contribution in [0, 0.1) is 0 Å². The van der Waals surface area contributed by atoms with Gasteiger partial charge in [-0.3, -0.25) is 9.59 Å². The Hall–Kier alpha value is -3.38. The van der Waals surface area contributed by atoms with Crippen molar-refractivity contribution >= 4 is 23.2 Å². The maximum Gasteiger partial charge on any atom is 0.280 e. The molecule has 0 aliphatic carbocycles. The van der Waals surface area contributed by atoms with E-state index in [1.54, 1.807) is 12.1 Å². The molecule has 0 atom stereocenters. The summed E-state index contributed by atoms with van der Waals surface area (Å²) in [5, 5.41) is 5.28. The average Bonchev–Trinajstić information content (AvgIpc) is 3.43. The zero-order chi connectivity index (χ0) is 23.7. The van der Waals surface area contributed by atoms with Crippen LogP contribution in [0.3, 0.4) is 0 Å². The number of rotatable bonds is 8. The van der Waals surface area contributed by atoms with E-state index in [4.69, 9.17) is 11.6 Å². The van der Waals surface area contributed by atoms with E-state index in [9.17, 15) is 9.59 Å². The second kappa shape index (κ2) is 9.47. The summed E-state index contributed by atoms with van der Waals surface area (Å²) in [6.07, 6.45) is 4.32. The van der Waals surface area contributed by atoms with Gasteiger partial charge in [-0.25, -0.2) is 0 Å². The van der Waals surface area contributed by atoms with Gasteiger partial charge in [0.2, 0.25) is 0 Å². The van der Waals surface area contributed by atoms with Crippen molar-refractivity contribution in [1.82, 2.24) is 19.1 Å². The summed E-state index contributed by atoms with van der Waals surface area (Å²) in [7, 11) is 0. The predicted molar refractivity (Wildman–Crippen MR) is 134 cm³/mol. The maximum atomic E-state index is 13.5. The molecule has 34 heavy (non-hydrogen) atoms. The van der Waals surface area contributed by atoms with Gasteiger partial charge in [0.05, 0.1) is 17.8 Å². The largest absolute Gasteiger partial charge is 0.333 e. The van der Waals surface area contributed by atoms with Gasteiger partial charge < -0.3 is 9.47 Å². The Morgan fingerprint density at radius 1 is 0.971 bits per heavy atom. The van der Waals surface area contributed by atoms with Gasteiger partial charge in [-0.1, -0.05) is 80.3 Å². The Labute approximate surface area is 203 Å². The SMILES string of the molecule is CCCCCCN1Cc2c(n(Cc3ccccc3)c3cc(-c4ccc(Cl)cc4)nn3c2=O)C1=O. The normalized spacial score (nSPS) is 13.1. The van der Waals surface area contributed by atoms with Crippen LogP contribution in [0.25, 0.3) is 16.9 Å². The first-order valence-electron chi connectivity index (χ1n) is 11.8. The number of hydrogen-bond donors (Lipinski definition) is 0. The minimum absolute atomic E-state index is 0.0729. The first-order valence-corrected chi connectivity index (χ1v) is 12.2. The Balaban J connectivity index is 1.62. The number of amides is 1. The molecule has 0 N–H and O–H groups in total. The third-order valence-electron chi connectivity index (χ3n) is 6.42. The van der Waals surface area contributed by atoms with Gasteiger partial charge in [0.25, 0.3) is 11.5 Å². The molecule has 0 spiro atoms. The average molecular weight is 475 g/mol. The maximum absolute atomic E-state index is 13.5. The molecule has 0 saturated carbocycles. The van der Waals surface area contributed by atoms with Crippen molar-refractivity contribution in [3.63, 3.8) is 0 Å². The van der Waals surface area contributed by atoms with Gasteiger partial charge in [0.15, 0.2) is 0 Å². The molecule has 0 bridgehead atoms. The Morgan fingerprint density at radius 2 is 1.74 bits per heavy atom. The number of carbonyl (C=O) groups is 1. The molecule has 2 aromatic heterocycles. The lowest BCUT2D eigenvalue weighted by atomic mass is 10.1. The van der Waals surface area contributed by atoms with Gasteiger partial charge in [-0.05, 0) is 24.1 Å². The van der Waals surface area contributed by atoms with Crippen molar-refractivity contribution in [2.75, 3.05) is 6.54 Å². The standard InChI is InChI=1S/C27H27ClN4O2/c1-2-3-4-8-15-30-18-22-25(27(30)34)31(17-19-9-6-5-7-10-19)24-16-23(29-32(24)26(22)33)20-11-13-21(28)14-12-20/h5-7,9-14,16H,2-4,8,15,17-18H2,1H3. The van der Waals surface area contributed by atoms with Crippen molar-refractivity contribution in [2.45, 2.75) is 45.7 Å². The van der Waals surface area contributed by atoms with E-state index in [1.165, 1.54) is 4.52 Å². The fraction of sp³-hybridized carbons (Fsp3) is 0.296. The zero-order valence-corrected chi connectivity index (χ0v) is 20.0. The van der Waals surface area contributed by atoms with Crippen LogP contribution in [-0.2, 0) is 13.1 Å². The van der Waals surface area contributed by atoms with Crippen LogP contribution in [0.1, 0.15) is 54.2 Å². The molecule has 0 unspecified atom stereocenters. The van der Waals surface area contributed by atoms with Crippen LogP contribution in [0.4, 0.5) is 0 Å². The van der Waals surface area contributed by atoms with Gasteiger partial charge >= 0.3 is 0 Å². The second-order valence-corrected chi connectivity index (χ2v) is 9.23. The number of benzene rings is 2. The molecule has 6 nitrogen and oxygen atoms in total. The summed E-state index contributed by atoms with van der Waals surface area (Å²) < 4.78 is 3.40. The molecule has 174 valence electrons. The molecule has 7 heteroatoms. The summed E-state index contributed by atoms with van der Waals surface area (Å²) in [4.78, 5) is 28.8. The fourth-order valence-electron chi connectivity index (χ4n) is 4.62. The number of carbonyl (C=O) groups excluding carboxylic acids is 1. The number of aromatic nitrogens is 3. The third kappa shape index (κ3) is 4.14. The van der Waals surface area contributed by atoms with Gasteiger partial charge in [0, 0.05) is 29.7 Å². The number of halogens is 1. The van der Waals surface area contributed by atoms with Crippen molar-refractivity contribution in [3.8, 4) is 11.3 Å². The molecule has 0 radical (unpaired) electrons. The summed E-state index contributed by atoms with van der Waals surface area (Å²) in [5.41, 5.74) is 3.98. The molecular weight excluding hydrogens is 448 g/mol. The lowest BCUT2D eigenvalue weighted by molar-refractivity contribution is 0.0767. The van der Waals surface area contributed by atoms with Gasteiger partial charge in [-0.15, -0.1) is 0 Å². The van der Waals surface area contributed by atoms with E-state index in [2.05, 4.69) is 12.0 Å². The molecule has 3 heterocycles. The molecule has 1 amide bonds. The van der Waals surface area contributed by atoms with Crippen LogP contribution >= 0.6 is 11.6 Å². The smallest absolute Gasteiger partial charge is 0.280 e. The third-order valence-corrected chi connectivity index (χ3v) is 6.67. The van der Waals surface area contributed by atoms with Crippen molar-refractivity contribution in [2.24, 2.45) is 0 Å². The summed E-state index contributed by atoms with van der Waals surface area (Å²) in [6, 6.07) is 19.2. The summed E-state index contributed by atoms with van der Waals surface area (Å²) in [5.74, 6) is -0.0729. The number of nitrogens with zero attached hydrogens (tertiary/aromatic N) is 4. The van der Waals surface area contributed by atoms with Crippen LogP contribution in [0.2, 0.25) is 5.02 Å². The lowest BCUT2D eigenvalue weighted by Crippen LogP contribution is -2.27. The lowest BCUT2D eigenvalue weighted by Gasteiger charge is -2.16. The number of hydrogen-bond acceptors (Lipinski definition) is 3. The van der Waals surface area contributed by atoms with E-state index >= 15 is 0 Å². The Morgan fingerprint density at radius 3 is 2.47 bits per heavy atom. The molecule has 2 aromatic carbocycles. The topological polar surface area (TPSA) is 59.6 Å². The first-order chi connectivity index (χ1) is 16.6. The quantitative estimate of drug-likeness (QED) is 0.321. The fourth-order valence-corrected chi connectivity index (χ4v) is 4.74. The molecule has 0 saturated heterocycles. The molecule has 1 aliphatic rings. The van der Waals surface area contributed by atoms with Gasteiger partial charge in [-0.2, -0.15) is 9.61 Å². The second-order valence-electron chi connectivity index (χ2n) is 8.80. The minimum atomic E-state index is -0.223. The Kier molecular flexibility index (Phi) is 6.24. The van der Waals surface area contributed by atoms with E-state index in [0.717, 1.165) is 36.8 Å².